The quantitative estimate of drug-likeness (QED) is 0.820. The Morgan fingerprint density at radius 2 is 2.29 bits per heavy atom. The number of thiazole rings is 1. The van der Waals surface area contributed by atoms with Crippen LogP contribution in [0.2, 0.25) is 5.02 Å². The van der Waals surface area contributed by atoms with Crippen molar-refractivity contribution in [2.24, 2.45) is 0 Å². The summed E-state index contributed by atoms with van der Waals surface area (Å²) < 4.78 is 0. The second-order valence-corrected chi connectivity index (χ2v) is 4.77. The summed E-state index contributed by atoms with van der Waals surface area (Å²) in [5.74, 6) is 0.235. The Kier molecular flexibility index (Phi) is 4.36. The highest BCUT2D eigenvalue weighted by Crippen LogP contribution is 2.24. The fourth-order valence-corrected chi connectivity index (χ4v) is 2.34. The van der Waals surface area contributed by atoms with Crippen molar-refractivity contribution in [3.05, 3.63) is 45.4 Å². The van der Waals surface area contributed by atoms with E-state index in [0.29, 0.717) is 11.6 Å². The lowest BCUT2D eigenvalue weighted by atomic mass is 10.2. The number of halogens is 1. The smallest absolute Gasteiger partial charge is 0.121 e. The van der Waals surface area contributed by atoms with E-state index in [9.17, 15) is 5.11 Å². The fourth-order valence-electron chi connectivity index (χ4n) is 1.51. The molecule has 0 saturated heterocycles. The standard InChI is InChI=1S/C12H13ClN2OS/c13-11-2-1-3-12(16)10(11)6-14-5-4-9-7-17-8-15-9/h1-3,7-8,14,16H,4-6H2. The van der Waals surface area contributed by atoms with E-state index in [0.717, 1.165) is 24.2 Å². The second kappa shape index (κ2) is 6.00. The summed E-state index contributed by atoms with van der Waals surface area (Å²) in [6.45, 7) is 1.38. The van der Waals surface area contributed by atoms with E-state index in [1.165, 1.54) is 0 Å². The zero-order valence-electron chi connectivity index (χ0n) is 9.19. The lowest BCUT2D eigenvalue weighted by Crippen LogP contribution is -2.17. The van der Waals surface area contributed by atoms with Crippen LogP contribution in [0.4, 0.5) is 0 Å². The summed E-state index contributed by atoms with van der Waals surface area (Å²) in [5.41, 5.74) is 3.66. The number of hydrogen-bond acceptors (Lipinski definition) is 4. The lowest BCUT2D eigenvalue weighted by Gasteiger charge is -2.07. The predicted octanol–water partition coefficient (Wildman–Crippen LogP) is 2.83. The molecule has 90 valence electrons. The van der Waals surface area contributed by atoms with Crippen molar-refractivity contribution < 1.29 is 5.11 Å². The molecule has 1 aromatic carbocycles. The minimum absolute atomic E-state index is 0.235. The van der Waals surface area contributed by atoms with E-state index < -0.39 is 0 Å². The molecule has 0 radical (unpaired) electrons. The normalized spacial score (nSPS) is 10.6. The van der Waals surface area contributed by atoms with E-state index in [1.54, 1.807) is 29.5 Å². The molecule has 0 bridgehead atoms. The summed E-state index contributed by atoms with van der Waals surface area (Å²) in [6, 6.07) is 5.15. The van der Waals surface area contributed by atoms with Gasteiger partial charge in [0, 0.05) is 35.5 Å². The van der Waals surface area contributed by atoms with Crippen LogP contribution in [-0.4, -0.2) is 16.6 Å². The average molecular weight is 269 g/mol. The number of phenols is 1. The van der Waals surface area contributed by atoms with Crippen molar-refractivity contribution in [1.82, 2.24) is 10.3 Å². The van der Waals surface area contributed by atoms with Gasteiger partial charge < -0.3 is 10.4 Å². The minimum Gasteiger partial charge on any atom is -0.508 e. The van der Waals surface area contributed by atoms with Crippen LogP contribution in [0.3, 0.4) is 0 Å². The van der Waals surface area contributed by atoms with Crippen molar-refractivity contribution in [3.63, 3.8) is 0 Å². The molecular weight excluding hydrogens is 256 g/mol. The fraction of sp³-hybridized carbons (Fsp3) is 0.250. The van der Waals surface area contributed by atoms with Gasteiger partial charge in [0.2, 0.25) is 0 Å². The molecule has 2 rings (SSSR count). The number of aromatic hydroxyl groups is 1. The molecule has 0 aliphatic carbocycles. The van der Waals surface area contributed by atoms with Crippen LogP contribution in [0, 0.1) is 0 Å². The summed E-state index contributed by atoms with van der Waals surface area (Å²) >= 11 is 7.60. The van der Waals surface area contributed by atoms with Gasteiger partial charge in [0.25, 0.3) is 0 Å². The predicted molar refractivity (Wildman–Crippen MR) is 70.6 cm³/mol. The van der Waals surface area contributed by atoms with Crippen molar-refractivity contribution in [1.29, 1.82) is 0 Å². The van der Waals surface area contributed by atoms with E-state index in [-0.39, 0.29) is 5.75 Å². The molecule has 0 saturated carbocycles. The third kappa shape index (κ3) is 3.43. The number of aromatic nitrogens is 1. The van der Waals surface area contributed by atoms with Crippen LogP contribution in [0.1, 0.15) is 11.3 Å². The van der Waals surface area contributed by atoms with Crippen LogP contribution in [0.15, 0.2) is 29.1 Å². The van der Waals surface area contributed by atoms with E-state index >= 15 is 0 Å². The topological polar surface area (TPSA) is 45.1 Å². The first-order chi connectivity index (χ1) is 8.27. The molecule has 17 heavy (non-hydrogen) atoms. The van der Waals surface area contributed by atoms with Crippen molar-refractivity contribution in [3.8, 4) is 5.75 Å². The molecule has 0 atom stereocenters. The molecule has 3 nitrogen and oxygen atoms in total. The van der Waals surface area contributed by atoms with Gasteiger partial charge >= 0.3 is 0 Å². The highest BCUT2D eigenvalue weighted by atomic mass is 35.5. The maximum absolute atomic E-state index is 9.64. The number of nitrogens with one attached hydrogen (secondary N) is 1. The molecule has 0 spiro atoms. The maximum atomic E-state index is 9.64. The number of hydrogen-bond donors (Lipinski definition) is 2. The summed E-state index contributed by atoms with van der Waals surface area (Å²) in [5, 5.41) is 15.5. The summed E-state index contributed by atoms with van der Waals surface area (Å²) in [4.78, 5) is 4.20. The van der Waals surface area contributed by atoms with Gasteiger partial charge in [0.1, 0.15) is 5.75 Å². The number of benzene rings is 1. The number of phenolic OH excluding ortho intramolecular Hbond substituents is 1. The zero-order valence-corrected chi connectivity index (χ0v) is 10.8. The first kappa shape index (κ1) is 12.4. The second-order valence-electron chi connectivity index (χ2n) is 3.64. The summed E-state index contributed by atoms with van der Waals surface area (Å²) in [7, 11) is 0. The van der Waals surface area contributed by atoms with Gasteiger partial charge in [-0.05, 0) is 12.1 Å². The number of rotatable bonds is 5. The van der Waals surface area contributed by atoms with Gasteiger partial charge in [-0.25, -0.2) is 4.98 Å². The third-order valence-corrected chi connectivity index (χ3v) is 3.43. The largest absolute Gasteiger partial charge is 0.508 e. The van der Waals surface area contributed by atoms with Gasteiger partial charge in [-0.2, -0.15) is 0 Å². The Hall–Kier alpha value is -1.10. The van der Waals surface area contributed by atoms with Crippen molar-refractivity contribution in [2.75, 3.05) is 6.54 Å². The summed E-state index contributed by atoms with van der Waals surface area (Å²) in [6.07, 6.45) is 0.884. The van der Waals surface area contributed by atoms with Gasteiger partial charge in [-0.3, -0.25) is 0 Å². The van der Waals surface area contributed by atoms with Crippen molar-refractivity contribution >= 4 is 22.9 Å². The first-order valence-corrected chi connectivity index (χ1v) is 6.63. The Morgan fingerprint density at radius 1 is 1.41 bits per heavy atom. The van der Waals surface area contributed by atoms with E-state index in [1.807, 2.05) is 10.9 Å². The molecule has 1 heterocycles. The van der Waals surface area contributed by atoms with Gasteiger partial charge in [0.15, 0.2) is 0 Å². The van der Waals surface area contributed by atoms with Gasteiger partial charge in [-0.15, -0.1) is 11.3 Å². The molecular formula is C12H13ClN2OS. The molecule has 0 aliphatic rings. The molecule has 2 N–H and O–H groups in total. The van der Waals surface area contributed by atoms with Crippen molar-refractivity contribution in [2.45, 2.75) is 13.0 Å². The average Bonchev–Trinajstić information content (AvgIpc) is 2.80. The minimum atomic E-state index is 0.235. The maximum Gasteiger partial charge on any atom is 0.121 e. The monoisotopic (exact) mass is 268 g/mol. The van der Waals surface area contributed by atoms with E-state index in [4.69, 9.17) is 11.6 Å². The Labute approximate surface area is 109 Å². The highest BCUT2D eigenvalue weighted by Gasteiger charge is 2.05. The lowest BCUT2D eigenvalue weighted by molar-refractivity contribution is 0.464. The SMILES string of the molecule is Oc1cccc(Cl)c1CNCCc1cscn1. The molecule has 1 aromatic heterocycles. The molecule has 5 heteroatoms. The van der Waals surface area contributed by atoms with Crippen LogP contribution >= 0.6 is 22.9 Å². The Bertz CT molecular complexity index is 453. The molecule has 2 aromatic rings. The van der Waals surface area contributed by atoms with Crippen LogP contribution in [0.5, 0.6) is 5.75 Å². The van der Waals surface area contributed by atoms with Crippen LogP contribution < -0.4 is 5.32 Å². The Morgan fingerprint density at radius 3 is 3.00 bits per heavy atom. The molecule has 0 fully saturated rings. The third-order valence-electron chi connectivity index (χ3n) is 2.44. The molecule has 0 aliphatic heterocycles. The van der Waals surface area contributed by atoms with E-state index in [2.05, 4.69) is 10.3 Å². The van der Waals surface area contributed by atoms with Crippen LogP contribution in [-0.2, 0) is 13.0 Å². The number of nitrogens with zero attached hydrogens (tertiary/aromatic N) is 1. The first-order valence-electron chi connectivity index (χ1n) is 5.31. The molecule has 0 unspecified atom stereocenters. The molecule has 0 amide bonds. The van der Waals surface area contributed by atoms with Crippen LogP contribution in [0.25, 0.3) is 0 Å². The zero-order chi connectivity index (χ0) is 12.1. The van der Waals surface area contributed by atoms with Gasteiger partial charge in [-0.1, -0.05) is 17.7 Å². The Balaban J connectivity index is 1.82. The highest BCUT2D eigenvalue weighted by molar-refractivity contribution is 7.07. The van der Waals surface area contributed by atoms with Gasteiger partial charge in [0.05, 0.1) is 11.2 Å².